The summed E-state index contributed by atoms with van der Waals surface area (Å²) in [7, 11) is 0. The van der Waals surface area contributed by atoms with Crippen molar-refractivity contribution in [1.29, 1.82) is 0 Å². The van der Waals surface area contributed by atoms with Gasteiger partial charge in [-0.1, -0.05) is 13.8 Å². The molecule has 0 aliphatic heterocycles. The summed E-state index contributed by atoms with van der Waals surface area (Å²) >= 11 is 1.69. The van der Waals surface area contributed by atoms with E-state index in [-0.39, 0.29) is 5.82 Å². The number of hydrogen-bond acceptors (Lipinski definition) is 3. The van der Waals surface area contributed by atoms with Crippen LogP contribution < -0.4 is 0 Å². The van der Waals surface area contributed by atoms with E-state index in [1.54, 1.807) is 17.4 Å². The van der Waals surface area contributed by atoms with E-state index in [9.17, 15) is 4.39 Å². The minimum atomic E-state index is -0.198. The smallest absolute Gasteiger partial charge is 0.164 e. The summed E-state index contributed by atoms with van der Waals surface area (Å²) in [4.78, 5) is 5.98. The minimum Gasteiger partial charge on any atom is -0.233 e. The highest BCUT2D eigenvalue weighted by Gasteiger charge is 2.22. The number of rotatable bonds is 4. The average molecular weight is 382 g/mol. The topological polar surface area (TPSA) is 30.2 Å². The molecule has 0 bridgehead atoms. The molecule has 4 rings (SSSR count). The van der Waals surface area contributed by atoms with Crippen molar-refractivity contribution in [3.63, 3.8) is 0 Å². The van der Waals surface area contributed by atoms with E-state index < -0.39 is 0 Å². The molecule has 0 N–H and O–H groups in total. The Labute approximate surface area is 162 Å². The zero-order valence-electron chi connectivity index (χ0n) is 16.4. The molecule has 3 nitrogen and oxygen atoms in total. The average Bonchev–Trinajstić information content (AvgIpc) is 3.12. The van der Waals surface area contributed by atoms with E-state index in [2.05, 4.69) is 26.8 Å². The largest absolute Gasteiger partial charge is 0.233 e. The van der Waals surface area contributed by atoms with Crippen LogP contribution in [0, 0.1) is 26.6 Å². The van der Waals surface area contributed by atoms with E-state index in [1.165, 1.54) is 11.8 Å². The molecule has 0 saturated heterocycles. The molecule has 0 amide bonds. The summed E-state index contributed by atoms with van der Waals surface area (Å²) in [6.07, 6.45) is 2.15. The quantitative estimate of drug-likeness (QED) is 0.400. The fraction of sp³-hybridized carbons (Fsp3) is 0.364. The van der Waals surface area contributed by atoms with Crippen LogP contribution in [0.25, 0.3) is 26.2 Å². The predicted molar refractivity (Wildman–Crippen MR) is 111 cm³/mol. The molecule has 0 spiro atoms. The summed E-state index contributed by atoms with van der Waals surface area (Å²) in [6, 6.07) is 7.17. The third-order valence-corrected chi connectivity index (χ3v) is 6.74. The maximum Gasteiger partial charge on any atom is 0.164 e. The molecule has 0 unspecified atom stereocenters. The molecule has 5 heteroatoms. The van der Waals surface area contributed by atoms with Crippen molar-refractivity contribution in [1.82, 2.24) is 14.6 Å². The Hall–Kier alpha value is -2.27. The van der Waals surface area contributed by atoms with E-state index >= 15 is 0 Å². The van der Waals surface area contributed by atoms with Crippen LogP contribution in [-0.4, -0.2) is 14.6 Å². The van der Waals surface area contributed by atoms with E-state index in [0.717, 1.165) is 56.0 Å². The lowest BCUT2D eigenvalue weighted by Gasteiger charge is -2.15. The van der Waals surface area contributed by atoms with E-state index in [4.69, 9.17) is 10.1 Å². The van der Waals surface area contributed by atoms with Crippen molar-refractivity contribution in [3.05, 3.63) is 52.7 Å². The third-order valence-electron chi connectivity index (χ3n) is 5.45. The second kappa shape index (κ2) is 6.71. The Bertz CT molecular complexity index is 1150. The first-order valence-electron chi connectivity index (χ1n) is 9.50. The molecule has 0 aliphatic carbocycles. The Morgan fingerprint density at radius 2 is 1.85 bits per heavy atom. The lowest BCUT2D eigenvalue weighted by molar-refractivity contribution is 0.598. The Morgan fingerprint density at radius 1 is 1.11 bits per heavy atom. The van der Waals surface area contributed by atoms with Gasteiger partial charge in [0.2, 0.25) is 0 Å². The second-order valence-corrected chi connectivity index (χ2v) is 8.28. The van der Waals surface area contributed by atoms with Crippen LogP contribution in [0.5, 0.6) is 0 Å². The molecule has 1 aromatic carbocycles. The fourth-order valence-electron chi connectivity index (χ4n) is 3.97. The number of aryl methyl sites for hydroxylation is 3. The molecular formula is C22H24FN3S. The Morgan fingerprint density at radius 3 is 2.56 bits per heavy atom. The van der Waals surface area contributed by atoms with Crippen LogP contribution in [0.2, 0.25) is 0 Å². The monoisotopic (exact) mass is 381 g/mol. The van der Waals surface area contributed by atoms with Crippen molar-refractivity contribution >= 4 is 27.1 Å². The summed E-state index contributed by atoms with van der Waals surface area (Å²) in [5.41, 5.74) is 6.28. The molecule has 0 saturated carbocycles. The number of fused-ring (bicyclic) bond motifs is 2. The van der Waals surface area contributed by atoms with Gasteiger partial charge in [0.1, 0.15) is 5.82 Å². The van der Waals surface area contributed by atoms with Crippen molar-refractivity contribution in [3.8, 4) is 10.4 Å². The van der Waals surface area contributed by atoms with Gasteiger partial charge in [-0.3, -0.25) is 0 Å². The van der Waals surface area contributed by atoms with Crippen LogP contribution in [0.4, 0.5) is 4.39 Å². The number of hydrogen-bond donors (Lipinski definition) is 0. The highest BCUT2D eigenvalue weighted by atomic mass is 32.1. The molecule has 27 heavy (non-hydrogen) atoms. The summed E-state index contributed by atoms with van der Waals surface area (Å²) < 4.78 is 16.9. The van der Waals surface area contributed by atoms with Gasteiger partial charge in [0.05, 0.1) is 11.3 Å². The number of benzene rings is 1. The molecular weight excluding hydrogens is 357 g/mol. The number of nitrogens with zero attached hydrogens (tertiary/aromatic N) is 3. The van der Waals surface area contributed by atoms with Gasteiger partial charge in [0, 0.05) is 26.9 Å². The van der Waals surface area contributed by atoms with Crippen LogP contribution in [0.3, 0.4) is 0 Å². The fourth-order valence-corrected chi connectivity index (χ4v) is 5.25. The number of thiophene rings is 1. The van der Waals surface area contributed by atoms with E-state index in [1.807, 2.05) is 24.4 Å². The van der Waals surface area contributed by atoms with E-state index in [0.29, 0.717) is 5.92 Å². The Kier molecular flexibility index (Phi) is 4.50. The molecule has 0 aliphatic rings. The highest BCUT2D eigenvalue weighted by Crippen LogP contribution is 2.41. The van der Waals surface area contributed by atoms with Crippen LogP contribution >= 0.6 is 11.3 Å². The molecule has 4 aromatic rings. The van der Waals surface area contributed by atoms with Crippen molar-refractivity contribution < 1.29 is 4.39 Å². The first kappa shape index (κ1) is 18.1. The maximum absolute atomic E-state index is 13.7. The van der Waals surface area contributed by atoms with Gasteiger partial charge in [0.15, 0.2) is 5.65 Å². The molecule has 0 atom stereocenters. The second-order valence-electron chi connectivity index (χ2n) is 7.23. The standard InChI is InChI=1S/C22H24FN3S/c1-6-15(7-2)18-10-12(3)24-22-20(14(5)25-26(18)22)21-13(4)17-11-16(23)8-9-19(17)27-21/h8-11,15H,6-7H2,1-5H3. The first-order chi connectivity index (χ1) is 12.9. The zero-order valence-corrected chi connectivity index (χ0v) is 17.2. The van der Waals surface area contributed by atoms with Crippen molar-refractivity contribution in [2.24, 2.45) is 0 Å². The summed E-state index contributed by atoms with van der Waals surface area (Å²) in [5.74, 6) is 0.260. The van der Waals surface area contributed by atoms with Crippen molar-refractivity contribution in [2.75, 3.05) is 0 Å². The molecule has 140 valence electrons. The molecule has 0 fully saturated rings. The molecule has 3 heterocycles. The first-order valence-corrected chi connectivity index (χ1v) is 10.3. The molecule has 0 radical (unpaired) electrons. The van der Waals surface area contributed by atoms with Gasteiger partial charge >= 0.3 is 0 Å². The summed E-state index contributed by atoms with van der Waals surface area (Å²) in [6.45, 7) is 10.6. The van der Waals surface area contributed by atoms with Gasteiger partial charge in [-0.2, -0.15) is 5.10 Å². The number of halogens is 1. The van der Waals surface area contributed by atoms with Crippen LogP contribution in [0.1, 0.15) is 55.3 Å². The predicted octanol–water partition coefficient (Wildman–Crippen LogP) is 6.58. The normalized spacial score (nSPS) is 12.0. The highest BCUT2D eigenvalue weighted by molar-refractivity contribution is 7.22. The third kappa shape index (κ3) is 2.85. The van der Waals surface area contributed by atoms with Gasteiger partial charge in [-0.15, -0.1) is 11.3 Å². The lowest BCUT2D eigenvalue weighted by Crippen LogP contribution is -2.07. The zero-order chi connectivity index (χ0) is 19.3. The summed E-state index contributed by atoms with van der Waals surface area (Å²) in [5, 5.41) is 5.84. The van der Waals surface area contributed by atoms with Gasteiger partial charge < -0.3 is 0 Å². The van der Waals surface area contributed by atoms with Gasteiger partial charge in [-0.25, -0.2) is 13.9 Å². The minimum absolute atomic E-state index is 0.198. The lowest BCUT2D eigenvalue weighted by atomic mass is 9.98. The molecule has 3 aromatic heterocycles. The van der Waals surface area contributed by atoms with Gasteiger partial charge in [-0.05, 0) is 68.8 Å². The van der Waals surface area contributed by atoms with Gasteiger partial charge in [0.25, 0.3) is 0 Å². The van der Waals surface area contributed by atoms with Crippen LogP contribution in [-0.2, 0) is 0 Å². The number of aromatic nitrogens is 3. The maximum atomic E-state index is 13.7. The SMILES string of the molecule is CCC(CC)c1cc(C)nc2c(-c3sc4ccc(F)cc4c3C)c(C)nn12. The van der Waals surface area contributed by atoms with Crippen molar-refractivity contribution in [2.45, 2.75) is 53.4 Å². The van der Waals surface area contributed by atoms with Crippen LogP contribution in [0.15, 0.2) is 24.3 Å². The Balaban J connectivity index is 2.03.